The van der Waals surface area contributed by atoms with Gasteiger partial charge in [0, 0.05) is 37.4 Å². The molecule has 1 amide bonds. The number of amides is 1. The number of carbonyl (C=O) groups is 1. The van der Waals surface area contributed by atoms with Crippen LogP contribution < -0.4 is 10.1 Å². The second-order valence-electron chi connectivity index (χ2n) is 6.76. The molecular weight excluding hydrogens is 358 g/mol. The quantitative estimate of drug-likeness (QED) is 0.639. The van der Waals surface area contributed by atoms with E-state index in [1.165, 1.54) is 0 Å². The number of phenols is 1. The molecule has 3 aromatic rings. The van der Waals surface area contributed by atoms with Gasteiger partial charge < -0.3 is 20.1 Å². The molecule has 0 spiro atoms. The van der Waals surface area contributed by atoms with Crippen molar-refractivity contribution < 1.29 is 14.6 Å². The van der Waals surface area contributed by atoms with E-state index in [4.69, 9.17) is 4.74 Å². The lowest BCUT2D eigenvalue weighted by molar-refractivity contribution is 0.0737. The van der Waals surface area contributed by atoms with Gasteiger partial charge in [-0.05, 0) is 38.1 Å². The number of nitrogens with one attached hydrogen (secondary N) is 2. The molecule has 0 aliphatic carbocycles. The number of phenolic OH excluding ortho intramolecular Hbond substituents is 1. The number of benzene rings is 1. The summed E-state index contributed by atoms with van der Waals surface area (Å²) in [6.45, 7) is 7.09. The van der Waals surface area contributed by atoms with E-state index in [9.17, 15) is 9.90 Å². The molecule has 4 rings (SSSR count). The van der Waals surface area contributed by atoms with E-state index in [0.29, 0.717) is 42.4 Å². The predicted octanol–water partition coefficient (Wildman–Crippen LogP) is 2.08. The van der Waals surface area contributed by atoms with Gasteiger partial charge in [-0.1, -0.05) is 0 Å². The summed E-state index contributed by atoms with van der Waals surface area (Å²) in [7, 11) is 0. The molecule has 0 bridgehead atoms. The maximum Gasteiger partial charge on any atom is 0.254 e. The van der Waals surface area contributed by atoms with E-state index in [2.05, 4.69) is 20.5 Å². The highest BCUT2D eigenvalue weighted by Gasteiger charge is 2.23. The van der Waals surface area contributed by atoms with Crippen molar-refractivity contribution in [3.05, 3.63) is 35.5 Å². The first kappa shape index (κ1) is 18.2. The number of aromatic nitrogens is 3. The number of hydrogen-bond donors (Lipinski definition) is 3. The van der Waals surface area contributed by atoms with Gasteiger partial charge in [-0.3, -0.25) is 9.89 Å². The van der Waals surface area contributed by atoms with Gasteiger partial charge in [-0.25, -0.2) is 4.98 Å². The second kappa shape index (κ2) is 7.47. The largest absolute Gasteiger partial charge is 0.504 e. The Morgan fingerprint density at radius 1 is 1.29 bits per heavy atom. The summed E-state index contributed by atoms with van der Waals surface area (Å²) in [6, 6.07) is 6.85. The molecule has 1 aliphatic rings. The summed E-state index contributed by atoms with van der Waals surface area (Å²) in [5, 5.41) is 21.2. The summed E-state index contributed by atoms with van der Waals surface area (Å²) in [5.74, 6) is 0.429. The number of nitrogens with zero attached hydrogens (tertiary/aromatic N) is 3. The second-order valence-corrected chi connectivity index (χ2v) is 6.76. The molecule has 28 heavy (non-hydrogen) atoms. The van der Waals surface area contributed by atoms with Crippen molar-refractivity contribution in [1.29, 1.82) is 0 Å². The summed E-state index contributed by atoms with van der Waals surface area (Å²) in [6.07, 6.45) is 0. The van der Waals surface area contributed by atoms with Crippen LogP contribution in [-0.2, 0) is 0 Å². The molecule has 0 atom stereocenters. The number of ether oxygens (including phenoxy) is 1. The molecule has 1 aliphatic heterocycles. The number of piperazine rings is 1. The van der Waals surface area contributed by atoms with Crippen LogP contribution in [0.4, 0.5) is 0 Å². The van der Waals surface area contributed by atoms with Gasteiger partial charge in [-0.2, -0.15) is 5.10 Å². The normalized spacial score (nSPS) is 14.4. The van der Waals surface area contributed by atoms with Crippen molar-refractivity contribution in [1.82, 2.24) is 25.4 Å². The Morgan fingerprint density at radius 2 is 2.07 bits per heavy atom. The fourth-order valence-electron chi connectivity index (χ4n) is 3.47. The minimum atomic E-state index is -0.0246. The molecule has 8 nitrogen and oxygen atoms in total. The molecule has 146 valence electrons. The number of rotatable bonds is 4. The third kappa shape index (κ3) is 3.27. The van der Waals surface area contributed by atoms with Gasteiger partial charge in [0.25, 0.3) is 5.91 Å². The SMILES string of the molecule is CCOc1cc(-c2cc(C(=O)N3CCNCC3)c3c(C)[nH]nc3n2)ccc1O. The zero-order chi connectivity index (χ0) is 19.7. The fraction of sp³-hybridized carbons (Fsp3) is 0.350. The van der Waals surface area contributed by atoms with E-state index in [-0.39, 0.29) is 11.7 Å². The third-order valence-corrected chi connectivity index (χ3v) is 4.89. The maximum atomic E-state index is 13.2. The Morgan fingerprint density at radius 3 is 2.82 bits per heavy atom. The average Bonchev–Trinajstić information content (AvgIpc) is 3.10. The Kier molecular flexibility index (Phi) is 4.87. The number of aromatic amines is 1. The minimum Gasteiger partial charge on any atom is -0.504 e. The molecule has 0 unspecified atom stereocenters. The molecule has 1 saturated heterocycles. The first-order chi connectivity index (χ1) is 13.6. The van der Waals surface area contributed by atoms with Crippen LogP contribution in [0, 0.1) is 6.92 Å². The van der Waals surface area contributed by atoms with E-state index in [1.807, 2.05) is 18.7 Å². The first-order valence-electron chi connectivity index (χ1n) is 9.40. The van der Waals surface area contributed by atoms with Crippen molar-refractivity contribution in [2.75, 3.05) is 32.8 Å². The predicted molar refractivity (Wildman–Crippen MR) is 106 cm³/mol. The average molecular weight is 381 g/mol. The molecule has 2 aromatic heterocycles. The van der Waals surface area contributed by atoms with Crippen LogP contribution in [0.25, 0.3) is 22.3 Å². The molecule has 0 radical (unpaired) electrons. The molecule has 3 heterocycles. The monoisotopic (exact) mass is 381 g/mol. The maximum absolute atomic E-state index is 13.2. The van der Waals surface area contributed by atoms with E-state index in [0.717, 1.165) is 29.7 Å². The first-order valence-corrected chi connectivity index (χ1v) is 9.40. The highest BCUT2D eigenvalue weighted by atomic mass is 16.5. The summed E-state index contributed by atoms with van der Waals surface area (Å²) in [4.78, 5) is 19.7. The van der Waals surface area contributed by atoms with Crippen LogP contribution in [0.15, 0.2) is 24.3 Å². The number of H-pyrrole nitrogens is 1. The Labute approximate surface area is 162 Å². The molecule has 1 fully saturated rings. The minimum absolute atomic E-state index is 0.0246. The lowest BCUT2D eigenvalue weighted by Crippen LogP contribution is -2.46. The number of hydrogen-bond acceptors (Lipinski definition) is 6. The number of aryl methyl sites for hydroxylation is 1. The van der Waals surface area contributed by atoms with Gasteiger partial charge in [0.1, 0.15) is 0 Å². The summed E-state index contributed by atoms with van der Waals surface area (Å²) in [5.41, 5.74) is 3.25. The fourth-order valence-corrected chi connectivity index (χ4v) is 3.47. The van der Waals surface area contributed by atoms with E-state index >= 15 is 0 Å². The van der Waals surface area contributed by atoms with Gasteiger partial charge in [0.2, 0.25) is 0 Å². The zero-order valence-electron chi connectivity index (χ0n) is 16.0. The highest BCUT2D eigenvalue weighted by molar-refractivity contribution is 6.07. The smallest absolute Gasteiger partial charge is 0.254 e. The van der Waals surface area contributed by atoms with Crippen molar-refractivity contribution >= 4 is 16.9 Å². The molecule has 8 heteroatoms. The molecule has 0 saturated carbocycles. The molecule has 3 N–H and O–H groups in total. The van der Waals surface area contributed by atoms with Crippen LogP contribution in [0.2, 0.25) is 0 Å². The van der Waals surface area contributed by atoms with E-state index in [1.54, 1.807) is 24.3 Å². The lowest BCUT2D eigenvalue weighted by Gasteiger charge is -2.27. The Bertz CT molecular complexity index is 1020. The Hall–Kier alpha value is -3.13. The number of fused-ring (bicyclic) bond motifs is 1. The van der Waals surface area contributed by atoms with Crippen molar-refractivity contribution in [3.8, 4) is 22.8 Å². The van der Waals surface area contributed by atoms with Gasteiger partial charge in [0.05, 0.1) is 23.3 Å². The van der Waals surface area contributed by atoms with Gasteiger partial charge >= 0.3 is 0 Å². The van der Waals surface area contributed by atoms with Crippen molar-refractivity contribution in [2.45, 2.75) is 13.8 Å². The standard InChI is InChI=1S/C20H23N5O3/c1-3-28-17-10-13(4-5-16(17)26)15-11-14(18-12(2)23-24-19(18)22-15)20(27)25-8-6-21-7-9-25/h4-5,10-11,21,26H,3,6-9H2,1-2H3,(H,22,23,24). The van der Waals surface area contributed by atoms with Crippen LogP contribution in [0.1, 0.15) is 23.0 Å². The number of carbonyl (C=O) groups excluding carboxylic acids is 1. The van der Waals surface area contributed by atoms with Crippen molar-refractivity contribution in [3.63, 3.8) is 0 Å². The topological polar surface area (TPSA) is 103 Å². The van der Waals surface area contributed by atoms with E-state index < -0.39 is 0 Å². The lowest BCUT2D eigenvalue weighted by atomic mass is 10.0. The summed E-state index contributed by atoms with van der Waals surface area (Å²) >= 11 is 0. The molecule has 1 aromatic carbocycles. The van der Waals surface area contributed by atoms with Crippen molar-refractivity contribution in [2.24, 2.45) is 0 Å². The van der Waals surface area contributed by atoms with Gasteiger partial charge in [0.15, 0.2) is 17.1 Å². The van der Waals surface area contributed by atoms with Crippen LogP contribution in [0.5, 0.6) is 11.5 Å². The molecular formula is C20H23N5O3. The zero-order valence-corrected chi connectivity index (χ0v) is 16.0. The highest BCUT2D eigenvalue weighted by Crippen LogP contribution is 2.33. The number of aromatic hydroxyl groups is 1. The number of pyridine rings is 1. The van der Waals surface area contributed by atoms with Crippen LogP contribution >= 0.6 is 0 Å². The summed E-state index contributed by atoms with van der Waals surface area (Å²) < 4.78 is 5.48. The third-order valence-electron chi connectivity index (χ3n) is 4.89. The van der Waals surface area contributed by atoms with Gasteiger partial charge in [-0.15, -0.1) is 0 Å². The van der Waals surface area contributed by atoms with Crippen LogP contribution in [-0.4, -0.2) is 63.9 Å². The van der Waals surface area contributed by atoms with Crippen LogP contribution in [0.3, 0.4) is 0 Å². The Balaban J connectivity index is 1.83.